The van der Waals surface area contributed by atoms with Crippen LogP contribution in [0.3, 0.4) is 0 Å². The van der Waals surface area contributed by atoms with Gasteiger partial charge in [-0.05, 0) is 24.6 Å². The van der Waals surface area contributed by atoms with Crippen LogP contribution in [-0.2, 0) is 0 Å². The summed E-state index contributed by atoms with van der Waals surface area (Å²) in [6.45, 7) is 7.87. The van der Waals surface area contributed by atoms with Crippen LogP contribution in [0.15, 0.2) is 6.08 Å². The second kappa shape index (κ2) is 5.58. The van der Waals surface area contributed by atoms with Crippen molar-refractivity contribution in [2.24, 2.45) is 0 Å². The number of rotatable bonds is 1. The van der Waals surface area contributed by atoms with Crippen molar-refractivity contribution in [3.63, 3.8) is 0 Å². The highest BCUT2D eigenvalue weighted by Crippen LogP contribution is 2.02. The molecule has 0 spiro atoms. The Labute approximate surface area is 66.7 Å². The predicted molar refractivity (Wildman–Crippen MR) is 44.9 cm³/mol. The molecule has 0 aromatic carbocycles. The highest BCUT2D eigenvalue weighted by Gasteiger charge is 1.96. The van der Waals surface area contributed by atoms with Crippen LogP contribution in [0.5, 0.6) is 0 Å². The Morgan fingerprint density at radius 3 is 2.45 bits per heavy atom. The Kier molecular flexibility index (Phi) is 4.98. The molecule has 0 radical (unpaired) electrons. The van der Waals surface area contributed by atoms with Crippen LogP contribution in [0, 0.1) is 0 Å². The maximum atomic E-state index is 3.77. The van der Waals surface area contributed by atoms with Gasteiger partial charge in [0.05, 0.1) is 0 Å². The normalized spacial score (nSPS) is 10.4. The van der Waals surface area contributed by atoms with Crippen LogP contribution in [-0.4, -0.2) is 20.6 Å². The molecular formula is C7H14N4. The number of aromatic amines is 1. The first-order valence-corrected chi connectivity index (χ1v) is 3.71. The number of aromatic nitrogens is 4. The van der Waals surface area contributed by atoms with Crippen LogP contribution < -0.4 is 0 Å². The SMILES string of the molecule is C/C=C(\C)c1nn[nH]n1.CC. The lowest BCUT2D eigenvalue weighted by atomic mass is 10.3. The highest BCUT2D eigenvalue weighted by atomic mass is 15.5. The van der Waals surface area contributed by atoms with Gasteiger partial charge in [-0.25, -0.2) is 0 Å². The van der Waals surface area contributed by atoms with E-state index in [1.165, 1.54) is 0 Å². The molecule has 0 aliphatic rings. The van der Waals surface area contributed by atoms with E-state index in [0.29, 0.717) is 5.82 Å². The Hall–Kier alpha value is -1.19. The molecule has 1 aromatic heterocycles. The molecule has 0 saturated heterocycles. The quantitative estimate of drug-likeness (QED) is 0.669. The first-order chi connectivity index (χ1) is 5.34. The highest BCUT2D eigenvalue weighted by molar-refractivity contribution is 5.55. The number of nitrogens with zero attached hydrogens (tertiary/aromatic N) is 3. The number of allylic oxidation sites excluding steroid dienone is 2. The third-order valence-corrected chi connectivity index (χ3v) is 1.13. The van der Waals surface area contributed by atoms with Gasteiger partial charge in [0.25, 0.3) is 0 Å². The van der Waals surface area contributed by atoms with E-state index in [1.54, 1.807) is 0 Å². The maximum absolute atomic E-state index is 3.77. The molecule has 0 aliphatic carbocycles. The second-order valence-electron chi connectivity index (χ2n) is 1.71. The predicted octanol–water partition coefficient (Wildman–Crippen LogP) is 1.65. The number of tetrazole rings is 1. The Bertz CT molecular complexity index is 200. The average Bonchev–Trinajstić information content (AvgIpc) is 2.59. The smallest absolute Gasteiger partial charge is 0.177 e. The summed E-state index contributed by atoms with van der Waals surface area (Å²) < 4.78 is 0. The van der Waals surface area contributed by atoms with Gasteiger partial charge >= 0.3 is 0 Å². The van der Waals surface area contributed by atoms with Crippen molar-refractivity contribution in [1.82, 2.24) is 20.6 Å². The van der Waals surface area contributed by atoms with Gasteiger partial charge in [-0.15, -0.1) is 10.2 Å². The molecule has 0 bridgehead atoms. The largest absolute Gasteiger partial charge is 0.200 e. The summed E-state index contributed by atoms with van der Waals surface area (Å²) in [5, 5.41) is 13.3. The molecule has 0 unspecified atom stereocenters. The Balaban J connectivity index is 0.000000461. The molecule has 0 atom stereocenters. The van der Waals surface area contributed by atoms with Crippen molar-refractivity contribution >= 4 is 5.57 Å². The summed E-state index contributed by atoms with van der Waals surface area (Å²) in [5.74, 6) is 0.664. The zero-order valence-electron chi connectivity index (χ0n) is 7.42. The van der Waals surface area contributed by atoms with E-state index >= 15 is 0 Å². The summed E-state index contributed by atoms with van der Waals surface area (Å²) in [6, 6.07) is 0. The third-order valence-electron chi connectivity index (χ3n) is 1.13. The van der Waals surface area contributed by atoms with Gasteiger partial charge < -0.3 is 0 Å². The second-order valence-corrected chi connectivity index (χ2v) is 1.71. The molecule has 62 valence electrons. The van der Waals surface area contributed by atoms with E-state index in [4.69, 9.17) is 0 Å². The lowest BCUT2D eigenvalue weighted by Gasteiger charge is -1.85. The number of nitrogens with one attached hydrogen (secondary N) is 1. The standard InChI is InChI=1S/C5H8N4.C2H6/c1-3-4(2)5-6-8-9-7-5;1-2/h3H,1-2H3,(H,6,7,8,9);1-2H3/b4-3+;. The molecule has 0 saturated carbocycles. The molecule has 1 rings (SSSR count). The van der Waals surface area contributed by atoms with Crippen LogP contribution in [0.2, 0.25) is 0 Å². The fourth-order valence-corrected chi connectivity index (χ4v) is 0.458. The monoisotopic (exact) mass is 154 g/mol. The van der Waals surface area contributed by atoms with E-state index in [9.17, 15) is 0 Å². The molecule has 0 amide bonds. The molecule has 4 nitrogen and oxygen atoms in total. The van der Waals surface area contributed by atoms with E-state index in [2.05, 4.69) is 20.6 Å². The van der Waals surface area contributed by atoms with Crippen LogP contribution in [0.1, 0.15) is 33.5 Å². The summed E-state index contributed by atoms with van der Waals surface area (Å²) in [6.07, 6.45) is 1.94. The summed E-state index contributed by atoms with van der Waals surface area (Å²) in [5.41, 5.74) is 1.03. The van der Waals surface area contributed by atoms with Gasteiger partial charge in [0.15, 0.2) is 5.82 Å². The average molecular weight is 154 g/mol. The van der Waals surface area contributed by atoms with E-state index in [0.717, 1.165) is 5.57 Å². The lowest BCUT2D eigenvalue weighted by Crippen LogP contribution is -1.81. The van der Waals surface area contributed by atoms with Gasteiger partial charge in [-0.2, -0.15) is 5.21 Å². The first kappa shape index (κ1) is 9.81. The first-order valence-electron chi connectivity index (χ1n) is 3.71. The van der Waals surface area contributed by atoms with Gasteiger partial charge in [-0.1, -0.05) is 19.9 Å². The molecule has 4 heteroatoms. The van der Waals surface area contributed by atoms with Crippen LogP contribution >= 0.6 is 0 Å². The van der Waals surface area contributed by atoms with Crippen molar-refractivity contribution in [3.8, 4) is 0 Å². The minimum Gasteiger partial charge on any atom is -0.177 e. The van der Waals surface area contributed by atoms with Crippen molar-refractivity contribution in [2.45, 2.75) is 27.7 Å². The van der Waals surface area contributed by atoms with E-state index in [-0.39, 0.29) is 0 Å². The summed E-state index contributed by atoms with van der Waals surface area (Å²) in [4.78, 5) is 0. The molecule has 11 heavy (non-hydrogen) atoms. The zero-order chi connectivity index (χ0) is 8.69. The molecule has 1 aromatic rings. The molecule has 0 aliphatic heterocycles. The van der Waals surface area contributed by atoms with Crippen molar-refractivity contribution < 1.29 is 0 Å². The zero-order valence-corrected chi connectivity index (χ0v) is 7.42. The van der Waals surface area contributed by atoms with Crippen molar-refractivity contribution in [2.75, 3.05) is 0 Å². The van der Waals surface area contributed by atoms with Gasteiger partial charge in [0, 0.05) is 0 Å². The third kappa shape index (κ3) is 2.93. The Morgan fingerprint density at radius 2 is 2.09 bits per heavy atom. The molecular weight excluding hydrogens is 140 g/mol. The fraction of sp³-hybridized carbons (Fsp3) is 0.571. The van der Waals surface area contributed by atoms with E-state index < -0.39 is 0 Å². The van der Waals surface area contributed by atoms with Crippen LogP contribution in [0.4, 0.5) is 0 Å². The summed E-state index contributed by atoms with van der Waals surface area (Å²) >= 11 is 0. The van der Waals surface area contributed by atoms with Gasteiger partial charge in [-0.3, -0.25) is 0 Å². The molecule has 1 N–H and O–H groups in total. The summed E-state index contributed by atoms with van der Waals surface area (Å²) in [7, 11) is 0. The van der Waals surface area contributed by atoms with E-state index in [1.807, 2.05) is 33.8 Å². The fourth-order valence-electron chi connectivity index (χ4n) is 0.458. The lowest BCUT2D eigenvalue weighted by molar-refractivity contribution is 0.881. The van der Waals surface area contributed by atoms with Crippen LogP contribution in [0.25, 0.3) is 5.57 Å². The molecule has 0 fully saturated rings. The topological polar surface area (TPSA) is 54.5 Å². The van der Waals surface area contributed by atoms with Gasteiger partial charge in [0.2, 0.25) is 0 Å². The number of hydrogen-bond donors (Lipinski definition) is 1. The molecule has 1 heterocycles. The number of H-pyrrole nitrogens is 1. The van der Waals surface area contributed by atoms with Crippen molar-refractivity contribution in [1.29, 1.82) is 0 Å². The maximum Gasteiger partial charge on any atom is 0.200 e. The number of hydrogen-bond acceptors (Lipinski definition) is 3. The Morgan fingerprint density at radius 1 is 1.45 bits per heavy atom. The van der Waals surface area contributed by atoms with Gasteiger partial charge in [0.1, 0.15) is 0 Å². The minimum absolute atomic E-state index is 0.664. The minimum atomic E-state index is 0.664. The van der Waals surface area contributed by atoms with Crippen molar-refractivity contribution in [3.05, 3.63) is 11.9 Å².